The lowest BCUT2D eigenvalue weighted by molar-refractivity contribution is -0.162. The van der Waals surface area contributed by atoms with Crippen molar-refractivity contribution in [3.05, 3.63) is 0 Å². The van der Waals surface area contributed by atoms with Crippen molar-refractivity contribution in [1.82, 2.24) is 0 Å². The summed E-state index contributed by atoms with van der Waals surface area (Å²) in [4.78, 5) is 14.6. The van der Waals surface area contributed by atoms with Crippen LogP contribution in [-0.4, -0.2) is 38.3 Å². The van der Waals surface area contributed by atoms with Crippen molar-refractivity contribution in [2.24, 2.45) is 5.90 Å². The zero-order valence-electron chi connectivity index (χ0n) is 6.06. The minimum Gasteiger partial charge on any atom is -0.375 e. The highest BCUT2D eigenvalue weighted by atomic mass is 16.6. The largest absolute Gasteiger partial charge is 0.375 e. The lowest BCUT2D eigenvalue weighted by Gasteiger charge is -2.26. The fourth-order valence-electron chi connectivity index (χ4n) is 0.907. The number of rotatable bonds is 3. The lowest BCUT2D eigenvalue weighted by Crippen LogP contribution is -2.40. The van der Waals surface area contributed by atoms with E-state index in [-0.39, 0.29) is 12.7 Å². The maximum Gasteiger partial charge on any atom is 0.151 e. The van der Waals surface area contributed by atoms with Crippen molar-refractivity contribution in [2.75, 3.05) is 19.8 Å². The molecule has 1 rings (SSSR count). The first-order valence-corrected chi connectivity index (χ1v) is 3.37. The van der Waals surface area contributed by atoms with Crippen LogP contribution in [0.3, 0.4) is 0 Å². The van der Waals surface area contributed by atoms with Gasteiger partial charge in [0.15, 0.2) is 6.29 Å². The van der Waals surface area contributed by atoms with E-state index in [0.29, 0.717) is 19.5 Å². The Balaban J connectivity index is 2.27. The molecular weight excluding hydrogens is 150 g/mol. The van der Waals surface area contributed by atoms with Gasteiger partial charge in [-0.1, -0.05) is 0 Å². The van der Waals surface area contributed by atoms with Gasteiger partial charge in [0.2, 0.25) is 0 Å². The zero-order chi connectivity index (χ0) is 8.10. The second-order valence-electron chi connectivity index (χ2n) is 2.30. The predicted octanol–water partition coefficient (Wildman–Crippen LogP) is -1.14. The topological polar surface area (TPSA) is 70.8 Å². The summed E-state index contributed by atoms with van der Waals surface area (Å²) in [6.45, 7) is 1.01. The Morgan fingerprint density at radius 2 is 2.45 bits per heavy atom. The van der Waals surface area contributed by atoms with E-state index in [1.165, 1.54) is 0 Å². The van der Waals surface area contributed by atoms with Gasteiger partial charge in [0.1, 0.15) is 12.2 Å². The Labute approximate surface area is 64.4 Å². The molecule has 1 aliphatic heterocycles. The van der Waals surface area contributed by atoms with Gasteiger partial charge in [-0.2, -0.15) is 0 Å². The Bertz CT molecular complexity index is 128. The van der Waals surface area contributed by atoms with E-state index in [9.17, 15) is 4.79 Å². The second-order valence-corrected chi connectivity index (χ2v) is 2.30. The maximum atomic E-state index is 10.2. The number of hydrogen-bond acceptors (Lipinski definition) is 5. The molecule has 2 N–H and O–H groups in total. The van der Waals surface area contributed by atoms with Gasteiger partial charge < -0.3 is 19.1 Å². The van der Waals surface area contributed by atoms with Crippen LogP contribution in [0, 0.1) is 0 Å². The Morgan fingerprint density at radius 1 is 1.64 bits per heavy atom. The lowest BCUT2D eigenvalue weighted by atomic mass is 10.3. The molecule has 0 bridgehead atoms. The molecule has 64 valence electrons. The van der Waals surface area contributed by atoms with E-state index in [1.54, 1.807) is 0 Å². The molecule has 1 heterocycles. The van der Waals surface area contributed by atoms with Gasteiger partial charge in [0.25, 0.3) is 0 Å². The summed E-state index contributed by atoms with van der Waals surface area (Å²) in [5.74, 6) is 4.82. The highest BCUT2D eigenvalue weighted by molar-refractivity contribution is 5.56. The van der Waals surface area contributed by atoms with Crippen molar-refractivity contribution in [1.29, 1.82) is 0 Å². The molecule has 5 nitrogen and oxygen atoms in total. The summed E-state index contributed by atoms with van der Waals surface area (Å²) in [6, 6.07) is 0. The summed E-state index contributed by atoms with van der Waals surface area (Å²) >= 11 is 0. The van der Waals surface area contributed by atoms with Crippen LogP contribution in [-0.2, 0) is 19.1 Å². The Morgan fingerprint density at radius 3 is 3.09 bits per heavy atom. The number of carbonyl (C=O) groups excluding carboxylic acids is 1. The molecule has 1 aliphatic rings. The minimum absolute atomic E-state index is 0.219. The van der Waals surface area contributed by atoms with Crippen LogP contribution < -0.4 is 5.90 Å². The molecule has 1 fully saturated rings. The standard InChI is InChI=1S/C6H11NO4/c7-10-4-6-3-9-2-5(1-8)11-6/h1,5-6H,2-4,7H2. The van der Waals surface area contributed by atoms with Gasteiger partial charge in [-0.3, -0.25) is 0 Å². The van der Waals surface area contributed by atoms with Gasteiger partial charge >= 0.3 is 0 Å². The first kappa shape index (κ1) is 8.61. The van der Waals surface area contributed by atoms with Crippen molar-refractivity contribution in [3.8, 4) is 0 Å². The van der Waals surface area contributed by atoms with E-state index < -0.39 is 6.10 Å². The van der Waals surface area contributed by atoms with Gasteiger partial charge in [-0.05, 0) is 0 Å². The number of carbonyl (C=O) groups is 1. The van der Waals surface area contributed by atoms with E-state index in [4.69, 9.17) is 15.4 Å². The third kappa shape index (κ3) is 2.55. The number of aldehydes is 1. The van der Waals surface area contributed by atoms with Crippen LogP contribution in [0.2, 0.25) is 0 Å². The fraction of sp³-hybridized carbons (Fsp3) is 0.833. The van der Waals surface area contributed by atoms with E-state index >= 15 is 0 Å². The summed E-state index contributed by atoms with van der Waals surface area (Å²) in [5.41, 5.74) is 0. The van der Waals surface area contributed by atoms with E-state index in [2.05, 4.69) is 4.84 Å². The molecule has 0 radical (unpaired) electrons. The van der Waals surface area contributed by atoms with E-state index in [1.807, 2.05) is 0 Å². The fourth-order valence-corrected chi connectivity index (χ4v) is 0.907. The van der Waals surface area contributed by atoms with Crippen LogP contribution in [0.5, 0.6) is 0 Å². The third-order valence-electron chi connectivity index (χ3n) is 1.39. The average molecular weight is 161 g/mol. The minimum atomic E-state index is -0.469. The monoisotopic (exact) mass is 161 g/mol. The van der Waals surface area contributed by atoms with Crippen LogP contribution in [0.1, 0.15) is 0 Å². The van der Waals surface area contributed by atoms with Crippen LogP contribution in [0.15, 0.2) is 0 Å². The predicted molar refractivity (Wildman–Crippen MR) is 35.7 cm³/mol. The molecule has 11 heavy (non-hydrogen) atoms. The highest BCUT2D eigenvalue weighted by Crippen LogP contribution is 2.05. The Hall–Kier alpha value is -0.490. The zero-order valence-corrected chi connectivity index (χ0v) is 6.06. The van der Waals surface area contributed by atoms with Gasteiger partial charge in [-0.25, -0.2) is 5.90 Å². The molecule has 2 unspecified atom stereocenters. The van der Waals surface area contributed by atoms with Gasteiger partial charge in [0, 0.05) is 0 Å². The maximum absolute atomic E-state index is 10.2. The average Bonchev–Trinajstić information content (AvgIpc) is 2.06. The quantitative estimate of drug-likeness (QED) is 0.418. The normalized spacial score (nSPS) is 31.7. The third-order valence-corrected chi connectivity index (χ3v) is 1.39. The Kier molecular flexibility index (Phi) is 3.44. The number of hydrogen-bond donors (Lipinski definition) is 1. The molecule has 0 spiro atoms. The molecule has 0 aromatic heterocycles. The van der Waals surface area contributed by atoms with Gasteiger partial charge in [0.05, 0.1) is 19.8 Å². The smallest absolute Gasteiger partial charge is 0.151 e. The van der Waals surface area contributed by atoms with Crippen LogP contribution >= 0.6 is 0 Å². The van der Waals surface area contributed by atoms with Crippen LogP contribution in [0.25, 0.3) is 0 Å². The van der Waals surface area contributed by atoms with Gasteiger partial charge in [-0.15, -0.1) is 0 Å². The summed E-state index contributed by atoms with van der Waals surface area (Å²) in [7, 11) is 0. The van der Waals surface area contributed by atoms with Crippen molar-refractivity contribution in [2.45, 2.75) is 12.2 Å². The SMILES string of the molecule is NOCC1COCC(C=O)O1. The summed E-state index contributed by atoms with van der Waals surface area (Å²) < 4.78 is 10.2. The first-order valence-electron chi connectivity index (χ1n) is 3.37. The second kappa shape index (κ2) is 4.40. The molecule has 0 aromatic carbocycles. The number of ether oxygens (including phenoxy) is 2. The highest BCUT2D eigenvalue weighted by Gasteiger charge is 2.22. The molecule has 0 aliphatic carbocycles. The summed E-state index contributed by atoms with van der Waals surface area (Å²) in [6.07, 6.45) is 0.0238. The summed E-state index contributed by atoms with van der Waals surface area (Å²) in [5, 5.41) is 0. The molecule has 1 saturated heterocycles. The molecule has 0 amide bonds. The molecule has 0 saturated carbocycles. The molecule has 0 aromatic rings. The van der Waals surface area contributed by atoms with E-state index in [0.717, 1.165) is 0 Å². The van der Waals surface area contributed by atoms with Crippen LogP contribution in [0.4, 0.5) is 0 Å². The van der Waals surface area contributed by atoms with Crippen molar-refractivity contribution >= 4 is 6.29 Å². The van der Waals surface area contributed by atoms with Crippen molar-refractivity contribution in [3.63, 3.8) is 0 Å². The molecular formula is C6H11NO4. The number of nitrogens with two attached hydrogens (primary N) is 1. The van der Waals surface area contributed by atoms with Crippen molar-refractivity contribution < 1.29 is 19.1 Å². The first-order chi connectivity index (χ1) is 5.36. The molecule has 5 heteroatoms. The molecule has 2 atom stereocenters.